The van der Waals surface area contributed by atoms with Gasteiger partial charge in [-0.2, -0.15) is 5.10 Å². The van der Waals surface area contributed by atoms with E-state index < -0.39 is 0 Å². The second-order valence-electron chi connectivity index (χ2n) is 7.18. The van der Waals surface area contributed by atoms with Crippen LogP contribution in [0.2, 0.25) is 0 Å². The summed E-state index contributed by atoms with van der Waals surface area (Å²) >= 11 is 1.58. The van der Waals surface area contributed by atoms with Crippen LogP contribution in [-0.4, -0.2) is 61.9 Å². The molecule has 0 radical (unpaired) electrons. The van der Waals surface area contributed by atoms with Crippen LogP contribution in [0.1, 0.15) is 36.2 Å². The van der Waals surface area contributed by atoms with Gasteiger partial charge in [-0.15, -0.1) is 11.3 Å². The molecular weight excluding hydrogens is 416 g/mol. The van der Waals surface area contributed by atoms with Crippen LogP contribution in [0.3, 0.4) is 0 Å². The molecule has 31 heavy (non-hydrogen) atoms. The molecule has 166 valence electrons. The van der Waals surface area contributed by atoms with Crippen molar-refractivity contribution in [2.45, 2.75) is 25.8 Å². The largest absolute Gasteiger partial charge is 0.493 e. The van der Waals surface area contributed by atoms with Crippen molar-refractivity contribution in [1.82, 2.24) is 15.2 Å². The van der Waals surface area contributed by atoms with Crippen molar-refractivity contribution in [3.05, 3.63) is 46.2 Å². The number of carbonyl (C=O) groups excluding carboxylic acids is 2. The molecule has 1 aromatic carbocycles. The number of carbonyl (C=O) groups is 2. The standard InChI is InChI=1S/C22H28N4O4S/c1-5-10-23-22(28)25(2)14-21(27)26-17(13-16(24-26)20-7-6-11-31-20)15-8-9-18(29-3)19(12-15)30-4/h6-9,11-12,17H,5,10,13-14H2,1-4H3,(H,23,28)/t17-/m1/s1. The first-order chi connectivity index (χ1) is 15.0. The summed E-state index contributed by atoms with van der Waals surface area (Å²) < 4.78 is 10.8. The van der Waals surface area contributed by atoms with Crippen LogP contribution in [0.5, 0.6) is 11.5 Å². The fourth-order valence-electron chi connectivity index (χ4n) is 3.37. The maximum Gasteiger partial charge on any atom is 0.317 e. The number of urea groups is 1. The van der Waals surface area contributed by atoms with Gasteiger partial charge >= 0.3 is 6.03 Å². The van der Waals surface area contributed by atoms with E-state index in [0.29, 0.717) is 24.5 Å². The summed E-state index contributed by atoms with van der Waals surface area (Å²) in [6.07, 6.45) is 1.41. The predicted molar refractivity (Wildman–Crippen MR) is 121 cm³/mol. The van der Waals surface area contributed by atoms with Gasteiger partial charge in [0.2, 0.25) is 0 Å². The Morgan fingerprint density at radius 1 is 1.26 bits per heavy atom. The molecule has 2 heterocycles. The number of nitrogens with zero attached hydrogens (tertiary/aromatic N) is 3. The third-order valence-electron chi connectivity index (χ3n) is 5.01. The number of hydrazone groups is 1. The lowest BCUT2D eigenvalue weighted by molar-refractivity contribution is -0.133. The van der Waals surface area contributed by atoms with E-state index in [-0.39, 0.29) is 24.5 Å². The van der Waals surface area contributed by atoms with Crippen molar-refractivity contribution in [2.75, 3.05) is 34.4 Å². The number of methoxy groups -OCH3 is 2. The highest BCUT2D eigenvalue weighted by Gasteiger charge is 2.34. The highest BCUT2D eigenvalue weighted by Crippen LogP contribution is 2.37. The minimum absolute atomic E-state index is 0.0689. The maximum atomic E-state index is 13.2. The Kier molecular flexibility index (Phi) is 7.51. The Labute approximate surface area is 186 Å². The molecule has 0 unspecified atom stereocenters. The van der Waals surface area contributed by atoms with E-state index in [4.69, 9.17) is 9.47 Å². The van der Waals surface area contributed by atoms with Crippen molar-refractivity contribution in [2.24, 2.45) is 5.10 Å². The fraction of sp³-hybridized carbons (Fsp3) is 0.409. The molecule has 0 saturated carbocycles. The van der Waals surface area contributed by atoms with E-state index >= 15 is 0 Å². The number of nitrogens with one attached hydrogen (secondary N) is 1. The lowest BCUT2D eigenvalue weighted by atomic mass is 10.0. The summed E-state index contributed by atoms with van der Waals surface area (Å²) in [4.78, 5) is 27.7. The van der Waals surface area contributed by atoms with E-state index in [9.17, 15) is 9.59 Å². The van der Waals surface area contributed by atoms with Crippen molar-refractivity contribution in [3.63, 3.8) is 0 Å². The van der Waals surface area contributed by atoms with Gasteiger partial charge in [0.15, 0.2) is 11.5 Å². The molecule has 0 aliphatic carbocycles. The Bertz CT molecular complexity index is 945. The third kappa shape index (κ3) is 5.16. The summed E-state index contributed by atoms with van der Waals surface area (Å²) in [6, 6.07) is 8.99. The molecule has 1 aliphatic rings. The zero-order chi connectivity index (χ0) is 22.4. The van der Waals surface area contributed by atoms with E-state index in [1.807, 2.05) is 42.6 Å². The van der Waals surface area contributed by atoms with Crippen LogP contribution in [0.25, 0.3) is 0 Å². The first-order valence-corrected chi connectivity index (χ1v) is 11.0. The van der Waals surface area contributed by atoms with Gasteiger partial charge in [0.25, 0.3) is 5.91 Å². The van der Waals surface area contributed by atoms with Gasteiger partial charge in [-0.25, -0.2) is 9.80 Å². The lowest BCUT2D eigenvalue weighted by Gasteiger charge is -2.25. The first kappa shape index (κ1) is 22.6. The number of likely N-dealkylation sites (N-methyl/N-ethyl adjacent to an activating group) is 1. The second kappa shape index (κ2) is 10.3. The summed E-state index contributed by atoms with van der Waals surface area (Å²) in [7, 11) is 4.77. The minimum atomic E-state index is -0.295. The van der Waals surface area contributed by atoms with Gasteiger partial charge in [-0.1, -0.05) is 19.1 Å². The van der Waals surface area contributed by atoms with Crippen molar-refractivity contribution in [3.8, 4) is 11.5 Å². The normalized spacial score (nSPS) is 15.4. The van der Waals surface area contributed by atoms with Gasteiger partial charge in [0.05, 0.1) is 30.9 Å². The van der Waals surface area contributed by atoms with E-state index in [1.54, 1.807) is 32.6 Å². The van der Waals surface area contributed by atoms with Gasteiger partial charge in [0, 0.05) is 20.0 Å². The average Bonchev–Trinajstić information content (AvgIpc) is 3.46. The third-order valence-corrected chi connectivity index (χ3v) is 5.93. The van der Waals surface area contributed by atoms with Crippen molar-refractivity contribution < 1.29 is 19.1 Å². The van der Waals surface area contributed by atoms with Crippen LogP contribution < -0.4 is 14.8 Å². The average molecular weight is 445 g/mol. The summed E-state index contributed by atoms with van der Waals surface area (Å²) in [6.45, 7) is 2.47. The Morgan fingerprint density at radius 3 is 2.68 bits per heavy atom. The number of amides is 3. The van der Waals surface area contributed by atoms with Crippen LogP contribution >= 0.6 is 11.3 Å². The van der Waals surface area contributed by atoms with Crippen LogP contribution in [-0.2, 0) is 4.79 Å². The minimum Gasteiger partial charge on any atom is -0.493 e. The molecule has 3 amide bonds. The van der Waals surface area contributed by atoms with Crippen LogP contribution in [0.4, 0.5) is 4.79 Å². The molecule has 0 spiro atoms. The second-order valence-corrected chi connectivity index (χ2v) is 8.13. The number of hydrogen-bond acceptors (Lipinski definition) is 6. The Hall–Kier alpha value is -3.07. The molecule has 1 aliphatic heterocycles. The number of rotatable bonds is 8. The van der Waals surface area contributed by atoms with Crippen LogP contribution in [0.15, 0.2) is 40.8 Å². The molecule has 1 aromatic heterocycles. The quantitative estimate of drug-likeness (QED) is 0.676. The molecular formula is C22H28N4O4S. The fourth-order valence-corrected chi connectivity index (χ4v) is 4.09. The molecule has 3 rings (SSSR count). The molecule has 1 atom stereocenters. The molecule has 0 saturated heterocycles. The monoisotopic (exact) mass is 444 g/mol. The molecule has 0 fully saturated rings. The topological polar surface area (TPSA) is 83.5 Å². The molecule has 1 N–H and O–H groups in total. The van der Waals surface area contributed by atoms with Crippen molar-refractivity contribution >= 4 is 29.0 Å². The smallest absolute Gasteiger partial charge is 0.317 e. The first-order valence-electron chi connectivity index (χ1n) is 10.1. The molecule has 9 heteroatoms. The summed E-state index contributed by atoms with van der Waals surface area (Å²) in [5, 5.41) is 10.9. The molecule has 8 nitrogen and oxygen atoms in total. The van der Waals surface area contributed by atoms with Gasteiger partial charge in [-0.05, 0) is 35.6 Å². The van der Waals surface area contributed by atoms with Crippen LogP contribution in [0, 0.1) is 0 Å². The molecule has 0 bridgehead atoms. The lowest BCUT2D eigenvalue weighted by Crippen LogP contribution is -2.43. The zero-order valence-electron chi connectivity index (χ0n) is 18.3. The predicted octanol–water partition coefficient (Wildman–Crippen LogP) is 3.49. The van der Waals surface area contributed by atoms with Gasteiger partial charge < -0.3 is 19.7 Å². The van der Waals surface area contributed by atoms with Gasteiger partial charge in [-0.3, -0.25) is 4.79 Å². The summed E-state index contributed by atoms with van der Waals surface area (Å²) in [5.41, 5.74) is 1.74. The number of ether oxygens (including phenoxy) is 2. The van der Waals surface area contributed by atoms with E-state index in [1.165, 1.54) is 9.91 Å². The SMILES string of the molecule is CCCNC(=O)N(C)CC(=O)N1N=C(c2cccs2)C[C@@H]1c1ccc(OC)c(OC)c1. The highest BCUT2D eigenvalue weighted by molar-refractivity contribution is 7.12. The number of thiophene rings is 1. The maximum absolute atomic E-state index is 13.2. The highest BCUT2D eigenvalue weighted by atomic mass is 32.1. The Balaban J connectivity index is 1.86. The van der Waals surface area contributed by atoms with Gasteiger partial charge in [0.1, 0.15) is 6.54 Å². The zero-order valence-corrected chi connectivity index (χ0v) is 19.1. The number of hydrogen-bond donors (Lipinski definition) is 1. The van der Waals surface area contributed by atoms with E-state index in [0.717, 1.165) is 22.6 Å². The van der Waals surface area contributed by atoms with E-state index in [2.05, 4.69) is 10.4 Å². The number of benzene rings is 1. The Morgan fingerprint density at radius 2 is 2.03 bits per heavy atom. The van der Waals surface area contributed by atoms with Crippen molar-refractivity contribution in [1.29, 1.82) is 0 Å². The summed E-state index contributed by atoms with van der Waals surface area (Å²) in [5.74, 6) is 0.961. The molecule has 2 aromatic rings.